The van der Waals surface area contributed by atoms with Crippen LogP contribution < -0.4 is 21.3 Å². The molecule has 5 heterocycles. The average molecular weight is 573 g/mol. The zero-order valence-electron chi connectivity index (χ0n) is 24.3. The molecule has 1 aromatic heterocycles. The van der Waals surface area contributed by atoms with Gasteiger partial charge in [-0.15, -0.1) is 0 Å². The number of hydrogen-bond donors (Lipinski definition) is 3. The first-order valence-corrected chi connectivity index (χ1v) is 15.1. The number of piperidine rings is 1. The Morgan fingerprint density at radius 2 is 1.74 bits per heavy atom. The predicted octanol–water partition coefficient (Wildman–Crippen LogP) is 2.93. The highest BCUT2D eigenvalue weighted by atomic mass is 16.5. The van der Waals surface area contributed by atoms with Gasteiger partial charge >= 0.3 is 0 Å². The van der Waals surface area contributed by atoms with Crippen LogP contribution in [0.5, 0.6) is 0 Å². The summed E-state index contributed by atoms with van der Waals surface area (Å²) in [7, 11) is 2.21. The Morgan fingerprint density at radius 1 is 1.00 bits per heavy atom. The van der Waals surface area contributed by atoms with Crippen LogP contribution in [0.15, 0.2) is 40.6 Å². The first-order chi connectivity index (χ1) is 20.4. The Morgan fingerprint density at radius 3 is 2.36 bits per heavy atom. The molecule has 4 fully saturated rings. The third-order valence-electron chi connectivity index (χ3n) is 9.45. The Kier molecular flexibility index (Phi) is 7.28. The molecule has 4 N–H and O–H groups in total. The smallest absolute Gasteiger partial charge is 0.271 e. The minimum absolute atomic E-state index is 0.0751. The summed E-state index contributed by atoms with van der Waals surface area (Å²) in [5, 5.41) is 15.1. The van der Waals surface area contributed by atoms with Gasteiger partial charge in [0.25, 0.3) is 5.91 Å². The maximum atomic E-state index is 12.5. The number of nitrogens with two attached hydrogens (primary N) is 1. The highest BCUT2D eigenvalue weighted by Gasteiger charge is 2.50. The minimum Gasteiger partial charge on any atom is -0.380 e. The van der Waals surface area contributed by atoms with E-state index in [0.717, 1.165) is 57.9 Å². The molecule has 0 radical (unpaired) electrons. The number of rotatable bonds is 8. The second-order valence-corrected chi connectivity index (χ2v) is 12.5. The van der Waals surface area contributed by atoms with E-state index in [0.29, 0.717) is 41.0 Å². The predicted molar refractivity (Wildman–Crippen MR) is 162 cm³/mol. The summed E-state index contributed by atoms with van der Waals surface area (Å²) in [6, 6.07) is 9.24. The number of piperazine rings is 1. The number of carbonyl (C=O) groups is 1. The van der Waals surface area contributed by atoms with E-state index in [1.807, 2.05) is 18.2 Å². The van der Waals surface area contributed by atoms with Crippen LogP contribution in [0, 0.1) is 5.41 Å². The molecule has 2 aromatic rings. The number of nitrogens with zero attached hydrogens (tertiary/aromatic N) is 7. The third-order valence-corrected chi connectivity index (χ3v) is 9.45. The topological polar surface area (TPSA) is 137 Å². The molecule has 12 heteroatoms. The lowest BCUT2D eigenvalue weighted by Gasteiger charge is -2.53. The molecule has 0 atom stereocenters. The maximum Gasteiger partial charge on any atom is 0.271 e. The van der Waals surface area contributed by atoms with E-state index in [1.54, 1.807) is 0 Å². The van der Waals surface area contributed by atoms with E-state index < -0.39 is 5.91 Å². The molecule has 42 heavy (non-hydrogen) atoms. The van der Waals surface area contributed by atoms with E-state index in [1.165, 1.54) is 31.6 Å². The Balaban J connectivity index is 1.05. The average Bonchev–Trinajstić information content (AvgIpc) is 3.50. The number of carbonyl (C=O) groups excluding carboxylic acids is 1. The van der Waals surface area contributed by atoms with E-state index in [9.17, 15) is 4.79 Å². The lowest BCUT2D eigenvalue weighted by atomic mass is 9.64. The van der Waals surface area contributed by atoms with Crippen molar-refractivity contribution < 1.29 is 9.53 Å². The van der Waals surface area contributed by atoms with Crippen LogP contribution in [0.2, 0.25) is 0 Å². The molecular weight excluding hydrogens is 532 g/mol. The molecule has 1 saturated carbocycles. The molecule has 4 aliphatic heterocycles. The number of likely N-dealkylation sites (N-methyl/N-ethyl adjacent to an activating group) is 1. The normalized spacial score (nSPS) is 23.0. The van der Waals surface area contributed by atoms with Crippen molar-refractivity contribution in [1.82, 2.24) is 19.8 Å². The van der Waals surface area contributed by atoms with Crippen molar-refractivity contribution in [3.63, 3.8) is 0 Å². The summed E-state index contributed by atoms with van der Waals surface area (Å²) in [6.45, 7) is 8.90. The Bertz CT molecular complexity index is 1370. The molecule has 1 aromatic carbocycles. The minimum atomic E-state index is -0.651. The summed E-state index contributed by atoms with van der Waals surface area (Å²) in [5.74, 6) is 0.253. The molecule has 1 amide bonds. The number of primary amides is 1. The van der Waals surface area contributed by atoms with Gasteiger partial charge in [-0.3, -0.25) is 9.69 Å². The molecule has 0 bridgehead atoms. The second-order valence-electron chi connectivity index (χ2n) is 12.5. The van der Waals surface area contributed by atoms with Crippen molar-refractivity contribution in [3.8, 4) is 0 Å². The quantitative estimate of drug-likeness (QED) is 0.436. The van der Waals surface area contributed by atoms with E-state index >= 15 is 0 Å². The molecule has 7 rings (SSSR count). The van der Waals surface area contributed by atoms with Crippen molar-refractivity contribution in [2.75, 3.05) is 81.6 Å². The highest BCUT2D eigenvalue weighted by Crippen LogP contribution is 2.48. The largest absolute Gasteiger partial charge is 0.380 e. The Labute approximate surface area is 246 Å². The SMILES string of the molecule is CN1CCN(C2CCN(c3ccc(Nc4nc(NC5CC6(COC6)C5)c(C5=CCN=N5)nc4C(N)=O)cc3)CC2)CC1. The standard InChI is InChI=1S/C30H40N10O2/c1-38-12-14-40(15-13-38)23-7-10-39(11-8-23)22-4-2-20(3-5-22)33-29-26(27(31)41)35-25(24-6-9-32-37-24)28(36-29)34-21-16-30(17-21)18-42-19-30/h2-6,21,23H,7-19H2,1H3,(H2,31,41)(H2,33,34,36). The summed E-state index contributed by atoms with van der Waals surface area (Å²) in [5.41, 5.74) is 9.26. The first-order valence-electron chi connectivity index (χ1n) is 15.1. The molecule has 0 unspecified atom stereocenters. The monoisotopic (exact) mass is 572 g/mol. The zero-order valence-corrected chi connectivity index (χ0v) is 24.3. The van der Waals surface area contributed by atoms with Gasteiger partial charge in [0.2, 0.25) is 0 Å². The lowest BCUT2D eigenvalue weighted by Crippen LogP contribution is -2.56. The number of benzene rings is 1. The number of ether oxygens (including phenoxy) is 1. The molecule has 1 aliphatic carbocycles. The third kappa shape index (κ3) is 5.46. The summed E-state index contributed by atoms with van der Waals surface area (Å²) in [6.07, 6.45) is 6.29. The molecule has 12 nitrogen and oxygen atoms in total. The fourth-order valence-corrected chi connectivity index (χ4v) is 6.88. The van der Waals surface area contributed by atoms with E-state index in [2.05, 4.69) is 59.7 Å². The van der Waals surface area contributed by atoms with Crippen molar-refractivity contribution in [1.29, 1.82) is 0 Å². The van der Waals surface area contributed by atoms with E-state index in [-0.39, 0.29) is 11.7 Å². The van der Waals surface area contributed by atoms with Gasteiger partial charge in [-0.2, -0.15) is 10.2 Å². The molecule has 1 spiro atoms. The second kappa shape index (κ2) is 11.2. The van der Waals surface area contributed by atoms with Gasteiger partial charge < -0.3 is 30.9 Å². The van der Waals surface area contributed by atoms with Gasteiger partial charge in [-0.1, -0.05) is 0 Å². The lowest BCUT2D eigenvalue weighted by molar-refractivity contribution is -0.159. The van der Waals surface area contributed by atoms with Gasteiger partial charge in [-0.05, 0) is 63.1 Å². The van der Waals surface area contributed by atoms with Crippen LogP contribution in [-0.4, -0.2) is 104 Å². The van der Waals surface area contributed by atoms with Crippen LogP contribution in [0.1, 0.15) is 41.9 Å². The number of hydrogen-bond acceptors (Lipinski definition) is 11. The molecular formula is C30H40N10O2. The van der Waals surface area contributed by atoms with Gasteiger partial charge in [-0.25, -0.2) is 9.97 Å². The van der Waals surface area contributed by atoms with E-state index in [4.69, 9.17) is 15.5 Å². The van der Waals surface area contributed by atoms with Crippen molar-refractivity contribution >= 4 is 34.6 Å². The number of anilines is 4. The summed E-state index contributed by atoms with van der Waals surface area (Å²) in [4.78, 5) is 29.5. The molecule has 222 valence electrons. The van der Waals surface area contributed by atoms with Crippen LogP contribution in [0.25, 0.3) is 5.70 Å². The van der Waals surface area contributed by atoms with Gasteiger partial charge in [0.05, 0.1) is 19.8 Å². The first kappa shape index (κ1) is 27.2. The number of azo groups is 1. The van der Waals surface area contributed by atoms with Gasteiger partial charge in [0.1, 0.15) is 11.4 Å². The fraction of sp³-hybridized carbons (Fsp3) is 0.567. The van der Waals surface area contributed by atoms with Crippen LogP contribution in [0.4, 0.5) is 23.0 Å². The van der Waals surface area contributed by atoms with Crippen molar-refractivity contribution in [2.24, 2.45) is 21.4 Å². The highest BCUT2D eigenvalue weighted by molar-refractivity contribution is 5.97. The van der Waals surface area contributed by atoms with Crippen LogP contribution in [0.3, 0.4) is 0 Å². The zero-order chi connectivity index (χ0) is 28.7. The number of amides is 1. The Hall–Kier alpha value is -3.61. The van der Waals surface area contributed by atoms with Crippen molar-refractivity contribution in [3.05, 3.63) is 41.7 Å². The molecule has 5 aliphatic rings. The van der Waals surface area contributed by atoms with Crippen LogP contribution >= 0.6 is 0 Å². The van der Waals surface area contributed by atoms with Crippen molar-refractivity contribution in [2.45, 2.75) is 37.8 Å². The molecule has 3 saturated heterocycles. The summed E-state index contributed by atoms with van der Waals surface area (Å²) >= 11 is 0. The van der Waals surface area contributed by atoms with Crippen LogP contribution in [-0.2, 0) is 4.74 Å². The van der Waals surface area contributed by atoms with Gasteiger partial charge in [0.15, 0.2) is 17.3 Å². The summed E-state index contributed by atoms with van der Waals surface area (Å²) < 4.78 is 5.43. The maximum absolute atomic E-state index is 12.5. The number of nitrogens with one attached hydrogen (secondary N) is 2. The van der Waals surface area contributed by atoms with Gasteiger partial charge in [0, 0.05) is 68.1 Å². The fourth-order valence-electron chi connectivity index (χ4n) is 6.88. The number of aromatic nitrogens is 2.